The van der Waals surface area contributed by atoms with Gasteiger partial charge in [-0.15, -0.1) is 0 Å². The van der Waals surface area contributed by atoms with Gasteiger partial charge in [0.1, 0.15) is 0 Å². The molecule has 2 nitrogen and oxygen atoms in total. The zero-order valence-corrected chi connectivity index (χ0v) is 11.2. The third kappa shape index (κ3) is 7.80. The van der Waals surface area contributed by atoms with Crippen molar-refractivity contribution in [1.29, 1.82) is 0 Å². The number of nitrogens with one attached hydrogen (secondary N) is 1. The Hall–Kier alpha value is -0.0800. The van der Waals surface area contributed by atoms with Gasteiger partial charge in [-0.3, -0.25) is 0 Å². The molecule has 0 aliphatic heterocycles. The second-order valence-electron chi connectivity index (χ2n) is 4.28. The van der Waals surface area contributed by atoms with E-state index in [0.717, 1.165) is 19.0 Å². The Morgan fingerprint density at radius 2 is 1.73 bits per heavy atom. The SMILES string of the molecule is CCNCCCN(CC)CC(CC)CC. The molecule has 2 heteroatoms. The van der Waals surface area contributed by atoms with E-state index in [1.165, 1.54) is 38.9 Å². The van der Waals surface area contributed by atoms with E-state index in [2.05, 4.69) is 37.9 Å². The van der Waals surface area contributed by atoms with E-state index in [1.807, 2.05) is 0 Å². The van der Waals surface area contributed by atoms with Gasteiger partial charge in [0.05, 0.1) is 0 Å². The molecular weight excluding hydrogens is 184 g/mol. The molecule has 0 rings (SSSR count). The van der Waals surface area contributed by atoms with Gasteiger partial charge in [-0.1, -0.05) is 40.5 Å². The van der Waals surface area contributed by atoms with Crippen molar-refractivity contribution in [2.45, 2.75) is 47.0 Å². The lowest BCUT2D eigenvalue weighted by Crippen LogP contribution is -2.31. The Labute approximate surface area is 96.4 Å². The summed E-state index contributed by atoms with van der Waals surface area (Å²) in [7, 11) is 0. The highest BCUT2D eigenvalue weighted by atomic mass is 15.1. The van der Waals surface area contributed by atoms with Crippen molar-refractivity contribution in [3.63, 3.8) is 0 Å². The molecule has 0 aliphatic rings. The van der Waals surface area contributed by atoms with Gasteiger partial charge in [-0.05, 0) is 38.5 Å². The summed E-state index contributed by atoms with van der Waals surface area (Å²) in [6.07, 6.45) is 3.92. The van der Waals surface area contributed by atoms with Crippen LogP contribution in [0.2, 0.25) is 0 Å². The van der Waals surface area contributed by atoms with Crippen molar-refractivity contribution in [3.05, 3.63) is 0 Å². The minimum Gasteiger partial charge on any atom is -0.317 e. The molecule has 0 amide bonds. The van der Waals surface area contributed by atoms with Crippen LogP contribution in [0, 0.1) is 5.92 Å². The maximum Gasteiger partial charge on any atom is 0.000935 e. The molecule has 0 radical (unpaired) electrons. The lowest BCUT2D eigenvalue weighted by molar-refractivity contribution is 0.231. The van der Waals surface area contributed by atoms with Gasteiger partial charge in [0.15, 0.2) is 0 Å². The van der Waals surface area contributed by atoms with E-state index in [-0.39, 0.29) is 0 Å². The quantitative estimate of drug-likeness (QED) is 0.563. The van der Waals surface area contributed by atoms with E-state index in [4.69, 9.17) is 0 Å². The van der Waals surface area contributed by atoms with Crippen molar-refractivity contribution >= 4 is 0 Å². The topological polar surface area (TPSA) is 15.3 Å². The molecule has 0 spiro atoms. The molecule has 1 N–H and O–H groups in total. The fourth-order valence-electron chi connectivity index (χ4n) is 1.89. The molecule has 0 heterocycles. The van der Waals surface area contributed by atoms with Crippen LogP contribution in [0.4, 0.5) is 0 Å². The van der Waals surface area contributed by atoms with Crippen LogP contribution in [-0.4, -0.2) is 37.6 Å². The van der Waals surface area contributed by atoms with Crippen molar-refractivity contribution in [1.82, 2.24) is 10.2 Å². The first-order valence-corrected chi connectivity index (χ1v) is 6.71. The van der Waals surface area contributed by atoms with Crippen LogP contribution in [0.15, 0.2) is 0 Å². The molecule has 0 aromatic rings. The molecule has 0 fully saturated rings. The van der Waals surface area contributed by atoms with E-state index >= 15 is 0 Å². The standard InChI is InChI=1S/C13H30N2/c1-5-13(6-2)12-15(8-4)11-9-10-14-7-3/h13-14H,5-12H2,1-4H3. The predicted octanol–water partition coefficient (Wildman–Crippen LogP) is 2.74. The Balaban J connectivity index is 3.61. The number of nitrogens with zero attached hydrogens (tertiary/aromatic N) is 1. The largest absolute Gasteiger partial charge is 0.317 e. The molecule has 0 atom stereocenters. The maximum absolute atomic E-state index is 3.38. The third-order valence-electron chi connectivity index (χ3n) is 3.20. The second kappa shape index (κ2) is 10.4. The molecule has 0 aliphatic carbocycles. The predicted molar refractivity (Wildman–Crippen MR) is 69.3 cm³/mol. The van der Waals surface area contributed by atoms with E-state index in [9.17, 15) is 0 Å². The van der Waals surface area contributed by atoms with Crippen LogP contribution in [0.3, 0.4) is 0 Å². The summed E-state index contributed by atoms with van der Waals surface area (Å²) in [5.41, 5.74) is 0. The van der Waals surface area contributed by atoms with Crippen LogP contribution in [0.25, 0.3) is 0 Å². The van der Waals surface area contributed by atoms with Crippen molar-refractivity contribution in [3.8, 4) is 0 Å². The van der Waals surface area contributed by atoms with Gasteiger partial charge in [0.25, 0.3) is 0 Å². The first-order chi connectivity index (χ1) is 7.28. The van der Waals surface area contributed by atoms with Gasteiger partial charge in [0.2, 0.25) is 0 Å². The van der Waals surface area contributed by atoms with Gasteiger partial charge in [-0.2, -0.15) is 0 Å². The minimum atomic E-state index is 0.893. The summed E-state index contributed by atoms with van der Waals surface area (Å²) in [6.45, 7) is 15.0. The highest BCUT2D eigenvalue weighted by Crippen LogP contribution is 2.09. The summed E-state index contributed by atoms with van der Waals surface area (Å²) in [4.78, 5) is 2.59. The molecule has 15 heavy (non-hydrogen) atoms. The smallest absolute Gasteiger partial charge is 0.000935 e. The molecule has 0 bridgehead atoms. The van der Waals surface area contributed by atoms with Gasteiger partial charge < -0.3 is 10.2 Å². The van der Waals surface area contributed by atoms with Crippen molar-refractivity contribution < 1.29 is 0 Å². The minimum absolute atomic E-state index is 0.893. The van der Waals surface area contributed by atoms with E-state index in [1.54, 1.807) is 0 Å². The highest BCUT2D eigenvalue weighted by molar-refractivity contribution is 4.63. The van der Waals surface area contributed by atoms with Crippen molar-refractivity contribution in [2.75, 3.05) is 32.7 Å². The molecule has 0 aromatic heterocycles. The van der Waals surface area contributed by atoms with Gasteiger partial charge in [-0.25, -0.2) is 0 Å². The molecular formula is C13H30N2. The second-order valence-corrected chi connectivity index (χ2v) is 4.28. The first kappa shape index (κ1) is 14.9. The number of hydrogen-bond acceptors (Lipinski definition) is 2. The molecule has 0 saturated carbocycles. The Bertz CT molecular complexity index is 122. The lowest BCUT2D eigenvalue weighted by Gasteiger charge is -2.25. The monoisotopic (exact) mass is 214 g/mol. The van der Waals surface area contributed by atoms with Crippen molar-refractivity contribution in [2.24, 2.45) is 5.92 Å². The highest BCUT2D eigenvalue weighted by Gasteiger charge is 2.08. The average Bonchev–Trinajstić information content (AvgIpc) is 2.28. The Morgan fingerprint density at radius 1 is 1.07 bits per heavy atom. The van der Waals surface area contributed by atoms with Crippen LogP contribution >= 0.6 is 0 Å². The number of rotatable bonds is 10. The summed E-state index contributed by atoms with van der Waals surface area (Å²) >= 11 is 0. The fraction of sp³-hybridized carbons (Fsp3) is 1.00. The summed E-state index contributed by atoms with van der Waals surface area (Å²) < 4.78 is 0. The van der Waals surface area contributed by atoms with Crippen LogP contribution < -0.4 is 5.32 Å². The van der Waals surface area contributed by atoms with Crippen LogP contribution in [-0.2, 0) is 0 Å². The third-order valence-corrected chi connectivity index (χ3v) is 3.20. The first-order valence-electron chi connectivity index (χ1n) is 6.71. The fourth-order valence-corrected chi connectivity index (χ4v) is 1.89. The zero-order valence-electron chi connectivity index (χ0n) is 11.2. The Morgan fingerprint density at radius 3 is 2.20 bits per heavy atom. The molecule has 0 saturated heterocycles. The van der Waals surface area contributed by atoms with E-state index < -0.39 is 0 Å². The Kier molecular flexibility index (Phi) is 10.4. The normalized spacial score (nSPS) is 11.6. The molecule has 92 valence electrons. The maximum atomic E-state index is 3.38. The zero-order chi connectivity index (χ0) is 11.5. The van der Waals surface area contributed by atoms with Crippen LogP contribution in [0.1, 0.15) is 47.0 Å². The summed E-state index contributed by atoms with van der Waals surface area (Å²) in [6, 6.07) is 0. The van der Waals surface area contributed by atoms with Gasteiger partial charge >= 0.3 is 0 Å². The van der Waals surface area contributed by atoms with Crippen LogP contribution in [0.5, 0.6) is 0 Å². The van der Waals surface area contributed by atoms with E-state index in [0.29, 0.717) is 0 Å². The molecule has 0 aromatic carbocycles. The number of hydrogen-bond donors (Lipinski definition) is 1. The summed E-state index contributed by atoms with van der Waals surface area (Å²) in [5.74, 6) is 0.893. The molecule has 0 unspecified atom stereocenters. The average molecular weight is 214 g/mol. The summed E-state index contributed by atoms with van der Waals surface area (Å²) in [5, 5.41) is 3.38. The van der Waals surface area contributed by atoms with Gasteiger partial charge in [0, 0.05) is 6.54 Å². The lowest BCUT2D eigenvalue weighted by atomic mass is 10.0.